The second-order valence-electron chi connectivity index (χ2n) is 7.91. The van der Waals surface area contributed by atoms with Crippen molar-refractivity contribution in [3.63, 3.8) is 0 Å². The topological polar surface area (TPSA) is 54.3 Å². The molecule has 3 aromatic rings. The van der Waals surface area contributed by atoms with Gasteiger partial charge in [-0.2, -0.15) is 0 Å². The van der Waals surface area contributed by atoms with Crippen LogP contribution in [0.3, 0.4) is 0 Å². The number of hydrogen-bond acceptors (Lipinski definition) is 4. The first-order valence-corrected chi connectivity index (χ1v) is 9.59. The van der Waals surface area contributed by atoms with Gasteiger partial charge in [0.2, 0.25) is 5.95 Å². The first kappa shape index (κ1) is 17.2. The van der Waals surface area contributed by atoms with Gasteiger partial charge in [0.05, 0.1) is 17.2 Å². The lowest BCUT2D eigenvalue weighted by molar-refractivity contribution is 0.0776. The fraction of sp³-hybridized carbons (Fsp3) is 0.381. The lowest BCUT2D eigenvalue weighted by Crippen LogP contribution is -2.34. The normalized spacial score (nSPS) is 21.5. The van der Waals surface area contributed by atoms with E-state index < -0.39 is 0 Å². The molecule has 28 heavy (non-hydrogen) atoms. The molecule has 2 aliphatic rings. The number of aryl methyl sites for hydroxylation is 2. The number of hydrogen-bond donors (Lipinski definition) is 0. The molecule has 2 atom stereocenters. The van der Waals surface area contributed by atoms with Crippen molar-refractivity contribution in [1.82, 2.24) is 19.4 Å². The van der Waals surface area contributed by atoms with Crippen LogP contribution in [-0.4, -0.2) is 51.5 Å². The standard InChI is InChI=1S/C21H22FN5O/c1-13-7-18(23-8-16(13)22)20(28)26-9-14-11-27(12-15(14)10-26)21-24-17-5-3-4-6-19(17)25(21)2/h3-8,14-15H,9-12H2,1-2H3. The van der Waals surface area contributed by atoms with Gasteiger partial charge < -0.3 is 14.4 Å². The number of pyridine rings is 1. The Kier molecular flexibility index (Phi) is 3.86. The van der Waals surface area contributed by atoms with Gasteiger partial charge in [0.1, 0.15) is 11.5 Å². The lowest BCUT2D eigenvalue weighted by atomic mass is 10.0. The number of anilines is 1. The number of fused-ring (bicyclic) bond motifs is 2. The molecule has 6 nitrogen and oxygen atoms in total. The molecule has 2 aromatic heterocycles. The Balaban J connectivity index is 1.31. The average molecular weight is 379 g/mol. The molecule has 0 aliphatic carbocycles. The smallest absolute Gasteiger partial charge is 0.272 e. The fourth-order valence-corrected chi connectivity index (χ4v) is 4.56. The third-order valence-corrected chi connectivity index (χ3v) is 6.09. The number of likely N-dealkylation sites (tertiary alicyclic amines) is 1. The van der Waals surface area contributed by atoms with Crippen LogP contribution in [0, 0.1) is 24.6 Å². The molecule has 144 valence electrons. The van der Waals surface area contributed by atoms with Crippen LogP contribution in [0.4, 0.5) is 10.3 Å². The zero-order valence-electron chi connectivity index (χ0n) is 16.0. The van der Waals surface area contributed by atoms with Crippen LogP contribution in [0.25, 0.3) is 11.0 Å². The van der Waals surface area contributed by atoms with Crippen molar-refractivity contribution in [3.8, 4) is 0 Å². The predicted molar refractivity (Wildman–Crippen MR) is 105 cm³/mol. The summed E-state index contributed by atoms with van der Waals surface area (Å²) >= 11 is 0. The summed E-state index contributed by atoms with van der Waals surface area (Å²) in [7, 11) is 2.05. The first-order chi connectivity index (χ1) is 13.5. The Morgan fingerprint density at radius 3 is 2.54 bits per heavy atom. The zero-order valence-corrected chi connectivity index (χ0v) is 16.0. The van der Waals surface area contributed by atoms with Gasteiger partial charge in [0.25, 0.3) is 5.91 Å². The van der Waals surface area contributed by atoms with Crippen molar-refractivity contribution in [2.75, 3.05) is 31.1 Å². The summed E-state index contributed by atoms with van der Waals surface area (Å²) in [5.41, 5.74) is 2.91. The van der Waals surface area contributed by atoms with E-state index in [-0.39, 0.29) is 11.7 Å². The number of carbonyl (C=O) groups is 1. The lowest BCUT2D eigenvalue weighted by Gasteiger charge is -2.22. The van der Waals surface area contributed by atoms with E-state index in [0.717, 1.165) is 36.3 Å². The molecular weight excluding hydrogens is 357 g/mol. The molecule has 1 amide bonds. The minimum Gasteiger partial charge on any atom is -0.342 e. The number of nitrogens with zero attached hydrogens (tertiary/aromatic N) is 5. The van der Waals surface area contributed by atoms with Gasteiger partial charge in [-0.05, 0) is 30.7 Å². The molecule has 0 bridgehead atoms. The Morgan fingerprint density at radius 2 is 1.86 bits per heavy atom. The highest BCUT2D eigenvalue weighted by Crippen LogP contribution is 2.35. The van der Waals surface area contributed by atoms with E-state index >= 15 is 0 Å². The molecule has 1 aromatic carbocycles. The minimum absolute atomic E-state index is 0.105. The van der Waals surface area contributed by atoms with Crippen molar-refractivity contribution in [2.24, 2.45) is 18.9 Å². The summed E-state index contributed by atoms with van der Waals surface area (Å²) in [5.74, 6) is 1.35. The Labute approximate surface area is 162 Å². The number of halogens is 1. The van der Waals surface area contributed by atoms with E-state index in [9.17, 15) is 9.18 Å². The van der Waals surface area contributed by atoms with Gasteiger partial charge in [-0.1, -0.05) is 12.1 Å². The number of benzene rings is 1. The highest BCUT2D eigenvalue weighted by atomic mass is 19.1. The number of imidazole rings is 1. The van der Waals surface area contributed by atoms with Crippen LogP contribution in [0.1, 0.15) is 16.1 Å². The van der Waals surface area contributed by atoms with E-state index in [2.05, 4.69) is 27.6 Å². The molecule has 0 radical (unpaired) electrons. The van der Waals surface area contributed by atoms with Gasteiger partial charge >= 0.3 is 0 Å². The molecular formula is C21H22FN5O. The van der Waals surface area contributed by atoms with E-state index in [1.165, 1.54) is 6.07 Å². The second-order valence-corrected chi connectivity index (χ2v) is 7.91. The quantitative estimate of drug-likeness (QED) is 0.687. The van der Waals surface area contributed by atoms with E-state index in [1.54, 1.807) is 6.92 Å². The van der Waals surface area contributed by atoms with Crippen LogP contribution in [-0.2, 0) is 7.05 Å². The van der Waals surface area contributed by atoms with Crippen LogP contribution in [0.2, 0.25) is 0 Å². The minimum atomic E-state index is -0.382. The van der Waals surface area contributed by atoms with Crippen molar-refractivity contribution < 1.29 is 9.18 Å². The first-order valence-electron chi connectivity index (χ1n) is 9.59. The third-order valence-electron chi connectivity index (χ3n) is 6.09. The molecule has 2 fully saturated rings. The maximum atomic E-state index is 13.4. The molecule has 0 saturated carbocycles. The summed E-state index contributed by atoms with van der Waals surface area (Å²) in [6.45, 7) is 4.86. The van der Waals surface area contributed by atoms with Gasteiger partial charge in [-0.25, -0.2) is 14.4 Å². The van der Waals surface area contributed by atoms with Crippen LogP contribution >= 0.6 is 0 Å². The van der Waals surface area contributed by atoms with Crippen LogP contribution in [0.15, 0.2) is 36.5 Å². The van der Waals surface area contributed by atoms with Gasteiger partial charge in [0.15, 0.2) is 0 Å². The van der Waals surface area contributed by atoms with Crippen molar-refractivity contribution in [3.05, 3.63) is 53.6 Å². The van der Waals surface area contributed by atoms with Crippen LogP contribution < -0.4 is 4.90 Å². The van der Waals surface area contributed by atoms with Crippen molar-refractivity contribution in [2.45, 2.75) is 6.92 Å². The number of rotatable bonds is 2. The summed E-state index contributed by atoms with van der Waals surface area (Å²) in [5, 5.41) is 0. The van der Waals surface area contributed by atoms with Gasteiger partial charge in [-0.3, -0.25) is 4.79 Å². The molecule has 0 N–H and O–H groups in total. The molecule has 5 rings (SSSR count). The average Bonchev–Trinajstić information content (AvgIpc) is 3.35. The monoisotopic (exact) mass is 379 g/mol. The molecule has 2 saturated heterocycles. The van der Waals surface area contributed by atoms with Crippen LogP contribution in [0.5, 0.6) is 0 Å². The summed E-state index contributed by atoms with van der Waals surface area (Å²) in [6, 6.07) is 9.69. The molecule has 4 heterocycles. The highest BCUT2D eigenvalue weighted by molar-refractivity contribution is 5.92. The van der Waals surface area contributed by atoms with E-state index in [1.807, 2.05) is 23.1 Å². The van der Waals surface area contributed by atoms with Crippen molar-refractivity contribution >= 4 is 22.9 Å². The van der Waals surface area contributed by atoms with E-state index in [4.69, 9.17) is 4.98 Å². The summed E-state index contributed by atoms with van der Waals surface area (Å²) in [6.07, 6.45) is 1.13. The largest absolute Gasteiger partial charge is 0.342 e. The SMILES string of the molecule is Cc1cc(C(=O)N2CC3CN(c4nc5ccccc5n4C)CC3C2)ncc1F. The Hall–Kier alpha value is -2.96. The Morgan fingerprint density at radius 1 is 1.14 bits per heavy atom. The number of carbonyl (C=O) groups excluding carboxylic acids is 1. The molecule has 2 unspecified atom stereocenters. The molecule has 7 heteroatoms. The maximum absolute atomic E-state index is 13.4. The zero-order chi connectivity index (χ0) is 19.4. The van der Waals surface area contributed by atoms with E-state index in [0.29, 0.717) is 36.2 Å². The summed E-state index contributed by atoms with van der Waals surface area (Å²) < 4.78 is 15.6. The molecule has 0 spiro atoms. The Bertz CT molecular complexity index is 1060. The number of aromatic nitrogens is 3. The summed E-state index contributed by atoms with van der Waals surface area (Å²) in [4.78, 5) is 25.8. The van der Waals surface area contributed by atoms with Crippen molar-refractivity contribution in [1.29, 1.82) is 0 Å². The second kappa shape index (κ2) is 6.29. The highest BCUT2D eigenvalue weighted by Gasteiger charge is 2.43. The third kappa shape index (κ3) is 2.65. The predicted octanol–water partition coefficient (Wildman–Crippen LogP) is 2.62. The number of amides is 1. The number of para-hydroxylation sites is 2. The van der Waals surface area contributed by atoms with Gasteiger partial charge in [0, 0.05) is 45.1 Å². The fourth-order valence-electron chi connectivity index (χ4n) is 4.56. The van der Waals surface area contributed by atoms with Gasteiger partial charge in [-0.15, -0.1) is 0 Å². The maximum Gasteiger partial charge on any atom is 0.272 e. The molecule has 2 aliphatic heterocycles.